The molecule has 4 heteroatoms. The van der Waals surface area contributed by atoms with Gasteiger partial charge < -0.3 is 5.73 Å². The molecule has 0 heterocycles. The van der Waals surface area contributed by atoms with Gasteiger partial charge in [-0.05, 0) is 0 Å². The van der Waals surface area contributed by atoms with Crippen LogP contribution in [0.2, 0.25) is 0 Å². The van der Waals surface area contributed by atoms with E-state index < -0.39 is 6.03 Å². The summed E-state index contributed by atoms with van der Waals surface area (Å²) in [6, 6.07) is -0.686. The summed E-state index contributed by atoms with van der Waals surface area (Å²) in [7, 11) is 0. The van der Waals surface area contributed by atoms with Gasteiger partial charge in [-0.15, -0.1) is 0 Å². The van der Waals surface area contributed by atoms with Crippen molar-refractivity contribution in [1.29, 1.82) is 0 Å². The van der Waals surface area contributed by atoms with Crippen molar-refractivity contribution >= 4 is 12.2 Å². The van der Waals surface area contributed by atoms with E-state index in [1.165, 1.54) is 6.21 Å². The molecule has 0 aromatic rings. The first-order chi connectivity index (χ1) is 4.77. The highest BCUT2D eigenvalue weighted by atomic mass is 16.2. The van der Waals surface area contributed by atoms with Gasteiger partial charge in [-0.25, -0.2) is 10.2 Å². The zero-order chi connectivity index (χ0) is 7.82. The molecule has 4 nitrogen and oxygen atoms in total. The Kier molecular flexibility index (Phi) is 4.79. The third-order valence-electron chi connectivity index (χ3n) is 0.583. The van der Waals surface area contributed by atoms with Crippen LogP contribution < -0.4 is 11.2 Å². The number of hydrogen-bond acceptors (Lipinski definition) is 2. The molecule has 54 valence electrons. The molecular weight excluding hydrogens is 130 g/mol. The van der Waals surface area contributed by atoms with Crippen LogP contribution in [-0.4, -0.2) is 12.2 Å². The topological polar surface area (TPSA) is 67.5 Å². The van der Waals surface area contributed by atoms with Gasteiger partial charge in [-0.2, -0.15) is 5.10 Å². The predicted octanol–water partition coefficient (Wildman–Crippen LogP) is 0.0539. The molecule has 0 saturated carbocycles. The first kappa shape index (κ1) is 8.50. The van der Waals surface area contributed by atoms with E-state index in [4.69, 9.17) is 5.73 Å². The SMILES string of the molecule is CCC#C/C=N/NC(N)=O. The molecule has 0 radical (unpaired) electrons. The number of hydrazone groups is 1. The maximum absolute atomic E-state index is 9.98. The Morgan fingerprint density at radius 3 is 3.10 bits per heavy atom. The smallest absolute Gasteiger partial charge is 0.332 e. The largest absolute Gasteiger partial charge is 0.350 e. The fraction of sp³-hybridized carbons (Fsp3) is 0.333. The van der Waals surface area contributed by atoms with Crippen LogP contribution in [0.4, 0.5) is 4.79 Å². The highest BCUT2D eigenvalue weighted by Crippen LogP contribution is 1.64. The molecule has 0 spiro atoms. The van der Waals surface area contributed by atoms with Crippen molar-refractivity contribution in [2.45, 2.75) is 13.3 Å². The Balaban J connectivity index is 3.47. The maximum atomic E-state index is 9.98. The lowest BCUT2D eigenvalue weighted by molar-refractivity contribution is 0.249. The zero-order valence-electron chi connectivity index (χ0n) is 5.72. The Morgan fingerprint density at radius 2 is 2.60 bits per heavy atom. The molecule has 0 aliphatic rings. The van der Waals surface area contributed by atoms with Gasteiger partial charge in [0, 0.05) is 6.42 Å². The van der Waals surface area contributed by atoms with Crippen LogP contribution in [0, 0.1) is 11.8 Å². The first-order valence-corrected chi connectivity index (χ1v) is 2.82. The van der Waals surface area contributed by atoms with Crippen molar-refractivity contribution in [2.75, 3.05) is 0 Å². The van der Waals surface area contributed by atoms with E-state index in [1.807, 2.05) is 12.3 Å². The summed E-state index contributed by atoms with van der Waals surface area (Å²) in [5.74, 6) is 5.31. The van der Waals surface area contributed by atoms with E-state index in [0.717, 1.165) is 6.42 Å². The number of urea groups is 1. The van der Waals surface area contributed by atoms with E-state index in [9.17, 15) is 4.79 Å². The summed E-state index contributed by atoms with van der Waals surface area (Å²) < 4.78 is 0. The molecular formula is C6H9N3O. The molecule has 0 aromatic heterocycles. The number of carbonyl (C=O) groups is 1. The summed E-state index contributed by atoms with van der Waals surface area (Å²) in [5.41, 5.74) is 6.71. The summed E-state index contributed by atoms with van der Waals surface area (Å²) in [4.78, 5) is 9.98. The van der Waals surface area contributed by atoms with Crippen molar-refractivity contribution in [3.63, 3.8) is 0 Å². The molecule has 0 aliphatic heterocycles. The van der Waals surface area contributed by atoms with Gasteiger partial charge in [0.1, 0.15) is 0 Å². The Morgan fingerprint density at radius 1 is 1.90 bits per heavy atom. The summed E-state index contributed by atoms with van der Waals surface area (Å²) in [6.45, 7) is 1.92. The van der Waals surface area contributed by atoms with E-state index in [-0.39, 0.29) is 0 Å². The number of nitrogens with one attached hydrogen (secondary N) is 1. The second kappa shape index (κ2) is 5.63. The van der Waals surface area contributed by atoms with Gasteiger partial charge in [-0.3, -0.25) is 0 Å². The van der Waals surface area contributed by atoms with Crippen LogP contribution in [0.5, 0.6) is 0 Å². The van der Waals surface area contributed by atoms with E-state index in [1.54, 1.807) is 0 Å². The molecule has 2 amide bonds. The second-order valence-corrected chi connectivity index (χ2v) is 1.41. The zero-order valence-corrected chi connectivity index (χ0v) is 5.72. The number of hydrogen-bond donors (Lipinski definition) is 2. The van der Waals surface area contributed by atoms with Crippen LogP contribution in [0.3, 0.4) is 0 Å². The number of nitrogens with two attached hydrogens (primary N) is 1. The second-order valence-electron chi connectivity index (χ2n) is 1.41. The monoisotopic (exact) mass is 139 g/mol. The lowest BCUT2D eigenvalue weighted by Crippen LogP contribution is -2.24. The van der Waals surface area contributed by atoms with E-state index in [0.29, 0.717) is 0 Å². The molecule has 0 aliphatic carbocycles. The maximum Gasteiger partial charge on any atom is 0.332 e. The first-order valence-electron chi connectivity index (χ1n) is 2.82. The molecule has 0 saturated heterocycles. The van der Waals surface area contributed by atoms with E-state index >= 15 is 0 Å². The quantitative estimate of drug-likeness (QED) is 0.301. The van der Waals surface area contributed by atoms with Crippen molar-refractivity contribution in [2.24, 2.45) is 10.8 Å². The minimum Gasteiger partial charge on any atom is -0.350 e. The molecule has 0 bridgehead atoms. The molecule has 0 atom stereocenters. The van der Waals surface area contributed by atoms with E-state index in [2.05, 4.69) is 16.9 Å². The van der Waals surface area contributed by atoms with Gasteiger partial charge in [0.2, 0.25) is 0 Å². The standard InChI is InChI=1S/C6H9N3O/c1-2-3-4-5-8-9-6(7)10/h5H,2H2,1H3,(H3,7,9,10)/b8-5+. The lowest BCUT2D eigenvalue weighted by atomic mass is 10.5. The molecule has 0 rings (SSSR count). The summed E-state index contributed by atoms with van der Waals surface area (Å²) in [5, 5.41) is 3.39. The van der Waals surface area contributed by atoms with Crippen molar-refractivity contribution in [3.05, 3.63) is 0 Å². The number of carbonyl (C=O) groups excluding carboxylic acids is 1. The lowest BCUT2D eigenvalue weighted by Gasteiger charge is -1.85. The van der Waals surface area contributed by atoms with Gasteiger partial charge in [0.25, 0.3) is 0 Å². The van der Waals surface area contributed by atoms with Crippen LogP contribution >= 0.6 is 0 Å². The van der Waals surface area contributed by atoms with Crippen LogP contribution in [0.25, 0.3) is 0 Å². The number of primary amides is 1. The average molecular weight is 139 g/mol. The minimum absolute atomic E-state index is 0.686. The number of rotatable bonds is 1. The van der Waals surface area contributed by atoms with Gasteiger partial charge in [0.05, 0.1) is 6.21 Å². The fourth-order valence-electron chi connectivity index (χ4n) is 0.276. The van der Waals surface area contributed by atoms with Crippen LogP contribution in [0.1, 0.15) is 13.3 Å². The Hall–Kier alpha value is -1.50. The van der Waals surface area contributed by atoms with Gasteiger partial charge >= 0.3 is 6.03 Å². The van der Waals surface area contributed by atoms with Crippen LogP contribution in [0.15, 0.2) is 5.10 Å². The average Bonchev–Trinajstić information content (AvgIpc) is 1.87. The molecule has 0 unspecified atom stereocenters. The highest BCUT2D eigenvalue weighted by Gasteiger charge is 1.79. The number of nitrogens with zero attached hydrogens (tertiary/aromatic N) is 1. The summed E-state index contributed by atoms with van der Waals surface area (Å²) >= 11 is 0. The van der Waals surface area contributed by atoms with Crippen molar-refractivity contribution in [3.8, 4) is 11.8 Å². The molecule has 0 aromatic carbocycles. The summed E-state index contributed by atoms with van der Waals surface area (Å²) in [6.07, 6.45) is 2.05. The van der Waals surface area contributed by atoms with Crippen molar-refractivity contribution in [1.82, 2.24) is 5.43 Å². The molecule has 3 N–H and O–H groups in total. The predicted molar refractivity (Wildman–Crippen MR) is 39.3 cm³/mol. The van der Waals surface area contributed by atoms with Crippen molar-refractivity contribution < 1.29 is 4.79 Å². The third kappa shape index (κ3) is 6.50. The van der Waals surface area contributed by atoms with Crippen LogP contribution in [-0.2, 0) is 0 Å². The Labute approximate surface area is 59.5 Å². The van der Waals surface area contributed by atoms with Gasteiger partial charge in [0.15, 0.2) is 0 Å². The molecule has 10 heavy (non-hydrogen) atoms. The highest BCUT2D eigenvalue weighted by molar-refractivity contribution is 5.80. The number of amides is 2. The van der Waals surface area contributed by atoms with Gasteiger partial charge in [-0.1, -0.05) is 18.8 Å². The normalized spacial score (nSPS) is 8.50. The third-order valence-corrected chi connectivity index (χ3v) is 0.583. The Bertz CT molecular complexity index is 187. The fourth-order valence-corrected chi connectivity index (χ4v) is 0.276. The minimum atomic E-state index is -0.686. The molecule has 0 fully saturated rings.